The molecule has 2 aromatic rings. The fourth-order valence-corrected chi connectivity index (χ4v) is 3.75. The van der Waals surface area contributed by atoms with Crippen molar-refractivity contribution in [3.8, 4) is 17.6 Å². The Kier molecular flexibility index (Phi) is 5.07. The van der Waals surface area contributed by atoms with Gasteiger partial charge in [0.05, 0.1) is 16.7 Å². The van der Waals surface area contributed by atoms with Crippen LogP contribution in [0.1, 0.15) is 43.4 Å². The molecule has 0 N–H and O–H groups in total. The van der Waals surface area contributed by atoms with Gasteiger partial charge in [-0.25, -0.2) is 5.01 Å². The molecule has 0 aromatic heterocycles. The topological polar surface area (TPSA) is 118 Å². The number of hydrogen-bond donors (Lipinski definition) is 0. The van der Waals surface area contributed by atoms with Crippen molar-refractivity contribution in [2.45, 2.75) is 38.6 Å². The molecule has 2 heterocycles. The second-order valence-corrected chi connectivity index (χ2v) is 7.63. The molecule has 4 rings (SSSR count). The molecule has 0 bridgehead atoms. The predicted octanol–water partition coefficient (Wildman–Crippen LogP) is 3.54. The lowest BCUT2D eigenvalue weighted by Crippen LogP contribution is -2.46. The largest absolute Gasteiger partial charge is 0.454 e. The van der Waals surface area contributed by atoms with Gasteiger partial charge in [0.25, 0.3) is 5.69 Å². The number of hydrazone groups is 1. The third-order valence-electron chi connectivity index (χ3n) is 5.35. The van der Waals surface area contributed by atoms with Crippen LogP contribution >= 0.6 is 0 Å². The number of benzene rings is 2. The molecule has 0 radical (unpaired) electrons. The van der Waals surface area contributed by atoms with Crippen LogP contribution in [0.2, 0.25) is 0 Å². The number of hydrogen-bond acceptors (Lipinski definition) is 7. The molecule has 2 aliphatic heterocycles. The molecule has 9 nitrogen and oxygen atoms in total. The van der Waals surface area contributed by atoms with E-state index in [1.54, 1.807) is 25.1 Å². The third kappa shape index (κ3) is 3.57. The molecular formula is C22H20N4O5. The van der Waals surface area contributed by atoms with Gasteiger partial charge >= 0.3 is 0 Å². The quantitative estimate of drug-likeness (QED) is 0.551. The van der Waals surface area contributed by atoms with Crippen molar-refractivity contribution in [2.24, 2.45) is 5.10 Å². The van der Waals surface area contributed by atoms with E-state index in [-0.39, 0.29) is 31.2 Å². The summed E-state index contributed by atoms with van der Waals surface area (Å²) in [5, 5.41) is 26.9. The average molecular weight is 420 g/mol. The van der Waals surface area contributed by atoms with Crippen LogP contribution in [0.5, 0.6) is 11.5 Å². The molecule has 158 valence electrons. The van der Waals surface area contributed by atoms with Gasteiger partial charge in [0, 0.05) is 36.1 Å². The predicted molar refractivity (Wildman–Crippen MR) is 111 cm³/mol. The Labute approximate surface area is 178 Å². The molecular weight excluding hydrogens is 400 g/mol. The molecule has 0 saturated carbocycles. The molecule has 1 atom stereocenters. The van der Waals surface area contributed by atoms with E-state index in [0.29, 0.717) is 34.8 Å². The second kappa shape index (κ2) is 7.72. The summed E-state index contributed by atoms with van der Waals surface area (Å²) in [7, 11) is 0. The van der Waals surface area contributed by atoms with Crippen LogP contribution in [0.15, 0.2) is 41.5 Å². The lowest BCUT2D eigenvalue weighted by molar-refractivity contribution is -0.384. The van der Waals surface area contributed by atoms with Crippen molar-refractivity contribution in [3.05, 3.63) is 63.2 Å². The minimum Gasteiger partial charge on any atom is -0.454 e. The number of ether oxygens (including phenoxy) is 2. The monoisotopic (exact) mass is 420 g/mol. The zero-order chi connectivity index (χ0) is 22.2. The lowest BCUT2D eigenvalue weighted by atomic mass is 9.88. The third-order valence-corrected chi connectivity index (χ3v) is 5.35. The fourth-order valence-electron chi connectivity index (χ4n) is 3.75. The summed E-state index contributed by atoms with van der Waals surface area (Å²) in [5.74, 6) is 0.842. The number of carbonyl (C=O) groups excluding carboxylic acids is 1. The summed E-state index contributed by atoms with van der Waals surface area (Å²) >= 11 is 0. The SMILES string of the molecule is CCCC(=O)N1N=C(c2ccc([N+](=O)[O-])cc2)c2cc3c(cc2CC1(C)C#N)OCO3. The van der Waals surface area contributed by atoms with Gasteiger partial charge in [-0.15, -0.1) is 0 Å². The molecule has 9 heteroatoms. The van der Waals surface area contributed by atoms with Gasteiger partial charge in [-0.05, 0) is 43.2 Å². The number of amides is 1. The number of rotatable bonds is 4. The van der Waals surface area contributed by atoms with Gasteiger partial charge in [-0.2, -0.15) is 10.4 Å². The normalized spacial score (nSPS) is 19.1. The summed E-state index contributed by atoms with van der Waals surface area (Å²) in [4.78, 5) is 23.5. The Morgan fingerprint density at radius 2 is 1.97 bits per heavy atom. The highest BCUT2D eigenvalue weighted by atomic mass is 16.7. The van der Waals surface area contributed by atoms with Crippen molar-refractivity contribution in [2.75, 3.05) is 6.79 Å². The summed E-state index contributed by atoms with van der Waals surface area (Å²) in [5.41, 5.74) is 1.22. The van der Waals surface area contributed by atoms with Crippen LogP contribution < -0.4 is 9.47 Å². The molecule has 0 fully saturated rings. The summed E-state index contributed by atoms with van der Waals surface area (Å²) in [6.07, 6.45) is 1.10. The smallest absolute Gasteiger partial charge is 0.269 e. The number of non-ortho nitro benzene ring substituents is 1. The first-order valence-electron chi connectivity index (χ1n) is 9.87. The number of nitro groups is 1. The Balaban J connectivity index is 1.94. The maximum absolute atomic E-state index is 12.9. The number of nitro benzene ring substituents is 1. The van der Waals surface area contributed by atoms with Crippen molar-refractivity contribution < 1.29 is 19.2 Å². The zero-order valence-electron chi connectivity index (χ0n) is 17.1. The van der Waals surface area contributed by atoms with Gasteiger partial charge in [-0.1, -0.05) is 6.92 Å². The molecule has 0 saturated heterocycles. The van der Waals surface area contributed by atoms with Crippen LogP contribution in [-0.4, -0.2) is 33.9 Å². The van der Waals surface area contributed by atoms with E-state index in [1.165, 1.54) is 17.1 Å². The minimum absolute atomic E-state index is 0.0512. The Hall–Kier alpha value is -3.93. The number of fused-ring (bicyclic) bond motifs is 2. The molecule has 1 amide bonds. The highest BCUT2D eigenvalue weighted by Crippen LogP contribution is 2.39. The maximum atomic E-state index is 12.9. The fraction of sp³-hybridized carbons (Fsp3) is 0.318. The Bertz CT molecular complexity index is 1140. The Morgan fingerprint density at radius 3 is 2.58 bits per heavy atom. The molecule has 0 spiro atoms. The van der Waals surface area contributed by atoms with E-state index >= 15 is 0 Å². The van der Waals surface area contributed by atoms with E-state index in [0.717, 1.165) is 5.56 Å². The van der Waals surface area contributed by atoms with Gasteiger partial charge in [-0.3, -0.25) is 14.9 Å². The summed E-state index contributed by atoms with van der Waals surface area (Å²) in [6, 6.07) is 11.8. The molecule has 0 aliphatic carbocycles. The van der Waals surface area contributed by atoms with Gasteiger partial charge in [0.15, 0.2) is 17.0 Å². The molecule has 1 unspecified atom stereocenters. The molecule has 2 aromatic carbocycles. The first-order chi connectivity index (χ1) is 14.9. The van der Waals surface area contributed by atoms with Crippen LogP contribution in [0.4, 0.5) is 5.69 Å². The van der Waals surface area contributed by atoms with E-state index in [2.05, 4.69) is 11.2 Å². The standard InChI is InChI=1S/C22H20N4O5/c1-3-4-20(27)25-22(2,12-23)11-15-9-18-19(31-13-30-18)10-17(15)21(24-25)14-5-7-16(8-6-14)26(28)29/h5-10H,3-4,11,13H2,1-2H3. The van der Waals surface area contributed by atoms with Crippen molar-refractivity contribution >= 4 is 17.3 Å². The summed E-state index contributed by atoms with van der Waals surface area (Å²) in [6.45, 7) is 3.66. The van der Waals surface area contributed by atoms with Crippen molar-refractivity contribution in [1.82, 2.24) is 5.01 Å². The first kappa shape index (κ1) is 20.3. The lowest BCUT2D eigenvalue weighted by Gasteiger charge is -2.31. The van der Waals surface area contributed by atoms with E-state index in [9.17, 15) is 20.2 Å². The van der Waals surface area contributed by atoms with E-state index in [1.807, 2.05) is 13.0 Å². The van der Waals surface area contributed by atoms with Crippen LogP contribution in [0.3, 0.4) is 0 Å². The van der Waals surface area contributed by atoms with E-state index < -0.39 is 10.5 Å². The van der Waals surface area contributed by atoms with Gasteiger partial charge < -0.3 is 9.47 Å². The highest BCUT2D eigenvalue weighted by Gasteiger charge is 2.40. The van der Waals surface area contributed by atoms with Crippen LogP contribution in [-0.2, 0) is 11.2 Å². The second-order valence-electron chi connectivity index (χ2n) is 7.63. The van der Waals surface area contributed by atoms with Crippen LogP contribution in [0.25, 0.3) is 0 Å². The van der Waals surface area contributed by atoms with Crippen molar-refractivity contribution in [3.63, 3.8) is 0 Å². The van der Waals surface area contributed by atoms with E-state index in [4.69, 9.17) is 9.47 Å². The number of carbonyl (C=O) groups is 1. The highest BCUT2D eigenvalue weighted by molar-refractivity contribution is 6.14. The minimum atomic E-state index is -1.21. The number of nitrogens with zero attached hydrogens (tertiary/aromatic N) is 4. The van der Waals surface area contributed by atoms with Crippen molar-refractivity contribution in [1.29, 1.82) is 5.26 Å². The maximum Gasteiger partial charge on any atom is 0.269 e. The molecule has 2 aliphatic rings. The Morgan fingerprint density at radius 1 is 1.29 bits per heavy atom. The van der Waals surface area contributed by atoms with Gasteiger partial charge in [0.2, 0.25) is 12.7 Å². The number of nitriles is 1. The molecule has 31 heavy (non-hydrogen) atoms. The summed E-state index contributed by atoms with van der Waals surface area (Å²) < 4.78 is 11.0. The average Bonchev–Trinajstić information content (AvgIpc) is 3.16. The van der Waals surface area contributed by atoms with Gasteiger partial charge in [0.1, 0.15) is 0 Å². The van der Waals surface area contributed by atoms with Crippen LogP contribution in [0, 0.1) is 21.4 Å². The zero-order valence-corrected chi connectivity index (χ0v) is 17.1. The first-order valence-corrected chi connectivity index (χ1v) is 9.87.